The van der Waals surface area contributed by atoms with Gasteiger partial charge in [0.15, 0.2) is 0 Å². The molecule has 15 heavy (non-hydrogen) atoms. The number of piperazine rings is 1. The number of anilines is 1. The standard InChI is InChI=1S/C13H20N2/c1-11-8-12(2)10-13(9-11)15-6-4-14(3)5-7-15/h8-10H,4-7H2,1-3H3. The Kier molecular flexibility index (Phi) is 2.96. The van der Waals surface area contributed by atoms with Crippen LogP contribution >= 0.6 is 0 Å². The Hall–Kier alpha value is -1.02. The van der Waals surface area contributed by atoms with Gasteiger partial charge in [0.25, 0.3) is 0 Å². The van der Waals surface area contributed by atoms with Crippen molar-refractivity contribution in [1.82, 2.24) is 4.90 Å². The van der Waals surface area contributed by atoms with Gasteiger partial charge in [0.1, 0.15) is 0 Å². The number of rotatable bonds is 1. The molecule has 1 aliphatic rings. The predicted octanol–water partition coefficient (Wildman–Crippen LogP) is 2.06. The van der Waals surface area contributed by atoms with Crippen LogP contribution in [-0.4, -0.2) is 38.1 Å². The number of nitrogens with zero attached hydrogens (tertiary/aromatic N) is 2. The normalized spacial score (nSPS) is 18.2. The van der Waals surface area contributed by atoms with Gasteiger partial charge in [-0.05, 0) is 44.2 Å². The average molecular weight is 204 g/mol. The summed E-state index contributed by atoms with van der Waals surface area (Å²) >= 11 is 0. The van der Waals surface area contributed by atoms with E-state index >= 15 is 0 Å². The highest BCUT2D eigenvalue weighted by molar-refractivity contribution is 5.51. The average Bonchev–Trinajstić information content (AvgIpc) is 2.17. The van der Waals surface area contributed by atoms with E-state index in [1.165, 1.54) is 29.9 Å². The fourth-order valence-electron chi connectivity index (χ4n) is 2.20. The minimum atomic E-state index is 1.15. The molecule has 2 rings (SSSR count). The van der Waals surface area contributed by atoms with Crippen LogP contribution in [0.1, 0.15) is 11.1 Å². The molecule has 0 saturated carbocycles. The summed E-state index contributed by atoms with van der Waals surface area (Å²) in [5, 5.41) is 0. The molecule has 0 aliphatic carbocycles. The molecule has 0 spiro atoms. The van der Waals surface area contributed by atoms with Gasteiger partial charge in [0.05, 0.1) is 0 Å². The number of hydrogen-bond donors (Lipinski definition) is 0. The summed E-state index contributed by atoms with van der Waals surface area (Å²) in [7, 11) is 2.19. The van der Waals surface area contributed by atoms with Gasteiger partial charge in [-0.1, -0.05) is 6.07 Å². The molecule has 2 heteroatoms. The third-order valence-electron chi connectivity index (χ3n) is 3.07. The van der Waals surface area contributed by atoms with E-state index in [1.54, 1.807) is 0 Å². The first kappa shape index (κ1) is 10.5. The van der Waals surface area contributed by atoms with E-state index in [1.807, 2.05) is 0 Å². The highest BCUT2D eigenvalue weighted by Crippen LogP contribution is 2.19. The molecule has 2 nitrogen and oxygen atoms in total. The molecule has 0 unspecified atom stereocenters. The Morgan fingerprint density at radius 1 is 0.867 bits per heavy atom. The highest BCUT2D eigenvalue weighted by Gasteiger charge is 2.14. The highest BCUT2D eigenvalue weighted by atomic mass is 15.2. The maximum atomic E-state index is 2.49. The Labute approximate surface area is 92.5 Å². The van der Waals surface area contributed by atoms with Gasteiger partial charge >= 0.3 is 0 Å². The van der Waals surface area contributed by atoms with Crippen LogP contribution in [0.5, 0.6) is 0 Å². The third-order valence-corrected chi connectivity index (χ3v) is 3.07. The minimum Gasteiger partial charge on any atom is -0.369 e. The summed E-state index contributed by atoms with van der Waals surface area (Å²) < 4.78 is 0. The zero-order chi connectivity index (χ0) is 10.8. The predicted molar refractivity (Wildman–Crippen MR) is 65.6 cm³/mol. The number of aryl methyl sites for hydroxylation is 2. The first-order valence-electron chi connectivity index (χ1n) is 5.67. The van der Waals surface area contributed by atoms with Crippen molar-refractivity contribution in [2.24, 2.45) is 0 Å². The van der Waals surface area contributed by atoms with Crippen molar-refractivity contribution in [2.75, 3.05) is 38.1 Å². The van der Waals surface area contributed by atoms with E-state index in [2.05, 4.69) is 48.9 Å². The van der Waals surface area contributed by atoms with Crippen LogP contribution in [0.4, 0.5) is 5.69 Å². The number of hydrogen-bond acceptors (Lipinski definition) is 2. The Bertz CT molecular complexity index is 318. The van der Waals surface area contributed by atoms with Crippen LogP contribution in [0.3, 0.4) is 0 Å². The maximum absolute atomic E-state index is 2.49. The second-order valence-electron chi connectivity index (χ2n) is 4.64. The van der Waals surface area contributed by atoms with Crippen molar-refractivity contribution in [1.29, 1.82) is 0 Å². The first-order valence-corrected chi connectivity index (χ1v) is 5.67. The van der Waals surface area contributed by atoms with Crippen molar-refractivity contribution >= 4 is 5.69 Å². The van der Waals surface area contributed by atoms with E-state index in [-0.39, 0.29) is 0 Å². The van der Waals surface area contributed by atoms with Crippen LogP contribution < -0.4 is 4.90 Å². The van der Waals surface area contributed by atoms with Crippen LogP contribution in [0.2, 0.25) is 0 Å². The summed E-state index contributed by atoms with van der Waals surface area (Å²) in [6, 6.07) is 6.82. The van der Waals surface area contributed by atoms with Crippen molar-refractivity contribution < 1.29 is 0 Å². The summed E-state index contributed by atoms with van der Waals surface area (Å²) in [4.78, 5) is 4.87. The monoisotopic (exact) mass is 204 g/mol. The van der Waals surface area contributed by atoms with E-state index < -0.39 is 0 Å². The van der Waals surface area contributed by atoms with Gasteiger partial charge in [-0.2, -0.15) is 0 Å². The summed E-state index contributed by atoms with van der Waals surface area (Å²) in [6.07, 6.45) is 0. The lowest BCUT2D eigenvalue weighted by Gasteiger charge is -2.34. The van der Waals surface area contributed by atoms with Gasteiger partial charge < -0.3 is 9.80 Å². The lowest BCUT2D eigenvalue weighted by atomic mass is 10.1. The SMILES string of the molecule is Cc1cc(C)cc(N2CCN(C)CC2)c1. The zero-order valence-electron chi connectivity index (χ0n) is 9.95. The molecule has 1 aromatic carbocycles. The fraction of sp³-hybridized carbons (Fsp3) is 0.538. The lowest BCUT2D eigenvalue weighted by molar-refractivity contribution is 0.313. The summed E-state index contributed by atoms with van der Waals surface area (Å²) in [6.45, 7) is 9.00. The smallest absolute Gasteiger partial charge is 0.0372 e. The molecule has 0 atom stereocenters. The molecule has 1 fully saturated rings. The van der Waals surface area contributed by atoms with Crippen LogP contribution in [0, 0.1) is 13.8 Å². The second-order valence-corrected chi connectivity index (χ2v) is 4.64. The Balaban J connectivity index is 2.15. The van der Waals surface area contributed by atoms with Gasteiger partial charge in [-0.3, -0.25) is 0 Å². The van der Waals surface area contributed by atoms with Crippen molar-refractivity contribution in [3.05, 3.63) is 29.3 Å². The fourth-order valence-corrected chi connectivity index (χ4v) is 2.20. The molecule has 1 heterocycles. The lowest BCUT2D eigenvalue weighted by Crippen LogP contribution is -2.44. The summed E-state index contributed by atoms with van der Waals surface area (Å²) in [5.74, 6) is 0. The van der Waals surface area contributed by atoms with Crippen LogP contribution in [0.15, 0.2) is 18.2 Å². The Morgan fingerprint density at radius 3 is 1.93 bits per heavy atom. The molecule has 1 aromatic rings. The van der Waals surface area contributed by atoms with Crippen molar-refractivity contribution in [3.8, 4) is 0 Å². The van der Waals surface area contributed by atoms with Gasteiger partial charge in [-0.25, -0.2) is 0 Å². The molecule has 0 N–H and O–H groups in total. The molecule has 1 saturated heterocycles. The molecular weight excluding hydrogens is 184 g/mol. The third kappa shape index (κ3) is 2.51. The molecule has 82 valence electrons. The van der Waals surface area contributed by atoms with E-state index in [0.717, 1.165) is 13.1 Å². The molecule has 1 aliphatic heterocycles. The van der Waals surface area contributed by atoms with E-state index in [0.29, 0.717) is 0 Å². The molecular formula is C13H20N2. The molecule has 0 radical (unpaired) electrons. The molecule has 0 bridgehead atoms. The first-order chi connectivity index (χ1) is 7.15. The molecule has 0 amide bonds. The summed E-state index contributed by atoms with van der Waals surface area (Å²) in [5.41, 5.74) is 4.12. The Morgan fingerprint density at radius 2 is 1.40 bits per heavy atom. The number of likely N-dealkylation sites (N-methyl/N-ethyl adjacent to an activating group) is 1. The zero-order valence-corrected chi connectivity index (χ0v) is 9.95. The van der Waals surface area contributed by atoms with Crippen LogP contribution in [-0.2, 0) is 0 Å². The van der Waals surface area contributed by atoms with E-state index in [9.17, 15) is 0 Å². The molecule has 0 aromatic heterocycles. The van der Waals surface area contributed by atoms with Gasteiger partial charge in [-0.15, -0.1) is 0 Å². The number of benzene rings is 1. The second kappa shape index (κ2) is 4.23. The van der Waals surface area contributed by atoms with E-state index in [4.69, 9.17) is 0 Å². The van der Waals surface area contributed by atoms with Gasteiger partial charge in [0.2, 0.25) is 0 Å². The topological polar surface area (TPSA) is 6.48 Å². The quantitative estimate of drug-likeness (QED) is 0.691. The van der Waals surface area contributed by atoms with Crippen molar-refractivity contribution in [3.63, 3.8) is 0 Å². The largest absolute Gasteiger partial charge is 0.369 e. The van der Waals surface area contributed by atoms with Crippen molar-refractivity contribution in [2.45, 2.75) is 13.8 Å². The van der Waals surface area contributed by atoms with Gasteiger partial charge in [0, 0.05) is 31.9 Å². The maximum Gasteiger partial charge on any atom is 0.0372 e. The van der Waals surface area contributed by atoms with Crippen LogP contribution in [0.25, 0.3) is 0 Å². The minimum absolute atomic E-state index is 1.15.